The monoisotopic (exact) mass is 389 g/mol. The van der Waals surface area contributed by atoms with Crippen molar-refractivity contribution in [2.24, 2.45) is 0 Å². The van der Waals surface area contributed by atoms with Crippen LogP contribution in [0, 0.1) is 6.92 Å². The van der Waals surface area contributed by atoms with E-state index in [4.69, 9.17) is 4.74 Å². The fourth-order valence-corrected chi connectivity index (χ4v) is 2.96. The molecular weight excluding hydrogens is 370 g/mol. The third kappa shape index (κ3) is 3.81. The minimum atomic E-state index is -0.502. The summed E-state index contributed by atoms with van der Waals surface area (Å²) >= 11 is 0. The first-order valence-corrected chi connectivity index (χ1v) is 8.93. The number of rotatable bonds is 4. The van der Waals surface area contributed by atoms with Crippen LogP contribution >= 0.6 is 0 Å². The highest BCUT2D eigenvalue weighted by Crippen LogP contribution is 2.21. The quantitative estimate of drug-likeness (QED) is 0.402. The lowest BCUT2D eigenvalue weighted by molar-refractivity contribution is 0.0841. The van der Waals surface area contributed by atoms with Crippen LogP contribution in [0.2, 0.25) is 0 Å². The lowest BCUT2D eigenvalue weighted by atomic mass is 10.1. The minimum absolute atomic E-state index is 0.225. The van der Waals surface area contributed by atoms with E-state index in [0.29, 0.717) is 11.4 Å². The number of nitrogens with zero attached hydrogens (tertiary/aromatic N) is 1. The number of aromatic amines is 2. The van der Waals surface area contributed by atoms with Crippen molar-refractivity contribution in [2.75, 3.05) is 7.11 Å². The van der Waals surface area contributed by atoms with E-state index in [1.807, 2.05) is 49.4 Å². The maximum Gasteiger partial charge on any atom is 0.287 e. The SMILES string of the molecule is COc1ccc(-c2cc(C(=O)NNC(=O)c3cc4ccc(C)cc4[nH]3)[nH]n2)cc1. The zero-order valence-electron chi connectivity index (χ0n) is 15.9. The number of nitrogens with one attached hydrogen (secondary N) is 4. The Morgan fingerprint density at radius 1 is 0.931 bits per heavy atom. The number of hydrogen-bond donors (Lipinski definition) is 4. The van der Waals surface area contributed by atoms with Gasteiger partial charge in [0, 0.05) is 16.5 Å². The van der Waals surface area contributed by atoms with Gasteiger partial charge in [0.2, 0.25) is 0 Å². The maximum atomic E-state index is 12.3. The molecule has 2 heterocycles. The van der Waals surface area contributed by atoms with Gasteiger partial charge in [-0.05, 0) is 55.0 Å². The fourth-order valence-electron chi connectivity index (χ4n) is 2.96. The van der Waals surface area contributed by atoms with Crippen molar-refractivity contribution in [1.29, 1.82) is 0 Å². The van der Waals surface area contributed by atoms with Crippen molar-refractivity contribution in [1.82, 2.24) is 26.0 Å². The van der Waals surface area contributed by atoms with Gasteiger partial charge in [0.25, 0.3) is 11.8 Å². The molecule has 2 aromatic carbocycles. The van der Waals surface area contributed by atoms with Gasteiger partial charge >= 0.3 is 0 Å². The minimum Gasteiger partial charge on any atom is -0.497 e. The van der Waals surface area contributed by atoms with Gasteiger partial charge < -0.3 is 9.72 Å². The summed E-state index contributed by atoms with van der Waals surface area (Å²) in [6.45, 7) is 1.98. The second kappa shape index (κ2) is 7.51. The van der Waals surface area contributed by atoms with E-state index < -0.39 is 11.8 Å². The van der Waals surface area contributed by atoms with Gasteiger partial charge in [0.15, 0.2) is 0 Å². The Balaban J connectivity index is 1.41. The topological polar surface area (TPSA) is 112 Å². The van der Waals surface area contributed by atoms with Crippen molar-refractivity contribution in [3.63, 3.8) is 0 Å². The summed E-state index contributed by atoms with van der Waals surface area (Å²) < 4.78 is 5.13. The van der Waals surface area contributed by atoms with Gasteiger partial charge in [0.1, 0.15) is 17.1 Å². The van der Waals surface area contributed by atoms with Gasteiger partial charge in [-0.1, -0.05) is 12.1 Å². The van der Waals surface area contributed by atoms with Gasteiger partial charge in [-0.2, -0.15) is 5.10 Å². The maximum absolute atomic E-state index is 12.3. The first-order valence-electron chi connectivity index (χ1n) is 8.93. The number of ether oxygens (including phenoxy) is 1. The first-order chi connectivity index (χ1) is 14.0. The molecule has 0 aliphatic heterocycles. The molecule has 4 rings (SSSR count). The fraction of sp³-hybridized carbons (Fsp3) is 0.0952. The number of fused-ring (bicyclic) bond motifs is 1. The normalized spacial score (nSPS) is 10.7. The Bertz CT molecular complexity index is 1190. The lowest BCUT2D eigenvalue weighted by Gasteiger charge is -2.04. The van der Waals surface area contributed by atoms with Crippen molar-refractivity contribution >= 4 is 22.7 Å². The van der Waals surface area contributed by atoms with Gasteiger partial charge in [0.05, 0.1) is 12.8 Å². The van der Waals surface area contributed by atoms with Crippen LogP contribution in [0.4, 0.5) is 0 Å². The van der Waals surface area contributed by atoms with Crippen LogP contribution in [0.5, 0.6) is 5.75 Å². The van der Waals surface area contributed by atoms with Gasteiger partial charge in [-0.3, -0.25) is 25.5 Å². The molecule has 8 nitrogen and oxygen atoms in total. The number of amides is 2. The third-order valence-electron chi connectivity index (χ3n) is 4.52. The van der Waals surface area contributed by atoms with E-state index in [1.54, 1.807) is 19.2 Å². The van der Waals surface area contributed by atoms with E-state index in [0.717, 1.165) is 27.8 Å². The molecule has 4 aromatic rings. The molecular formula is C21H19N5O3. The molecule has 0 aliphatic rings. The summed E-state index contributed by atoms with van der Waals surface area (Å²) in [5, 5.41) is 7.73. The number of aromatic nitrogens is 3. The van der Waals surface area contributed by atoms with Gasteiger partial charge in [-0.15, -0.1) is 0 Å². The van der Waals surface area contributed by atoms with E-state index in [1.165, 1.54) is 0 Å². The highest BCUT2D eigenvalue weighted by molar-refractivity contribution is 6.00. The van der Waals surface area contributed by atoms with Crippen LogP contribution in [0.15, 0.2) is 54.6 Å². The number of aryl methyl sites for hydroxylation is 1. The molecule has 0 radical (unpaired) electrons. The van der Waals surface area contributed by atoms with Crippen LogP contribution in [0.3, 0.4) is 0 Å². The third-order valence-corrected chi connectivity index (χ3v) is 4.52. The average Bonchev–Trinajstić information content (AvgIpc) is 3.39. The molecule has 8 heteroatoms. The summed E-state index contributed by atoms with van der Waals surface area (Å²) in [7, 11) is 1.59. The summed E-state index contributed by atoms with van der Waals surface area (Å²) in [6, 6.07) is 16.5. The number of H-pyrrole nitrogens is 2. The number of methoxy groups -OCH3 is 1. The number of carbonyl (C=O) groups excluding carboxylic acids is 2. The zero-order valence-corrected chi connectivity index (χ0v) is 15.9. The lowest BCUT2D eigenvalue weighted by Crippen LogP contribution is -2.41. The molecule has 4 N–H and O–H groups in total. The number of benzene rings is 2. The highest BCUT2D eigenvalue weighted by Gasteiger charge is 2.14. The van der Waals surface area contributed by atoms with Crippen molar-refractivity contribution < 1.29 is 14.3 Å². The molecule has 0 spiro atoms. The Morgan fingerprint density at radius 2 is 1.66 bits per heavy atom. The molecule has 29 heavy (non-hydrogen) atoms. The molecule has 0 aliphatic carbocycles. The van der Waals surface area contributed by atoms with E-state index in [2.05, 4.69) is 26.0 Å². The molecule has 0 saturated heterocycles. The van der Waals surface area contributed by atoms with Crippen LogP contribution < -0.4 is 15.6 Å². The molecule has 0 bridgehead atoms. The second-order valence-electron chi connectivity index (χ2n) is 6.58. The summed E-state index contributed by atoms with van der Waals surface area (Å²) in [5.74, 6) is -0.211. The zero-order chi connectivity index (χ0) is 20.4. The van der Waals surface area contributed by atoms with Crippen molar-refractivity contribution in [3.8, 4) is 17.0 Å². The van der Waals surface area contributed by atoms with E-state index in [9.17, 15) is 9.59 Å². The number of carbonyl (C=O) groups is 2. The van der Waals surface area contributed by atoms with Crippen molar-refractivity contribution in [2.45, 2.75) is 6.92 Å². The second-order valence-corrected chi connectivity index (χ2v) is 6.58. The number of hydrazine groups is 1. The summed E-state index contributed by atoms with van der Waals surface area (Å²) in [5.41, 5.74) is 8.76. The predicted octanol–water partition coefficient (Wildman–Crippen LogP) is 2.95. The Labute approximate surface area is 166 Å². The van der Waals surface area contributed by atoms with Gasteiger partial charge in [-0.25, -0.2) is 0 Å². The number of hydrogen-bond acceptors (Lipinski definition) is 4. The van der Waals surface area contributed by atoms with E-state index >= 15 is 0 Å². The van der Waals surface area contributed by atoms with Crippen LogP contribution in [-0.4, -0.2) is 34.1 Å². The average molecular weight is 389 g/mol. The largest absolute Gasteiger partial charge is 0.497 e. The first kappa shape index (κ1) is 18.3. The molecule has 146 valence electrons. The standard InChI is InChI=1S/C21H19N5O3/c1-12-3-4-14-10-18(22-16(14)9-12)20(27)25-26-21(28)19-11-17(23-24-19)13-5-7-15(29-2)8-6-13/h3-11,22H,1-2H3,(H,23,24)(H,25,27)(H,26,28). The highest BCUT2D eigenvalue weighted by atomic mass is 16.5. The molecule has 0 fully saturated rings. The summed E-state index contributed by atoms with van der Waals surface area (Å²) in [6.07, 6.45) is 0. The molecule has 0 unspecified atom stereocenters. The molecule has 0 saturated carbocycles. The van der Waals surface area contributed by atoms with Crippen LogP contribution in [0.25, 0.3) is 22.2 Å². The van der Waals surface area contributed by atoms with Crippen LogP contribution in [-0.2, 0) is 0 Å². The Morgan fingerprint density at radius 3 is 2.38 bits per heavy atom. The van der Waals surface area contributed by atoms with Crippen molar-refractivity contribution in [3.05, 3.63) is 71.5 Å². The molecule has 2 aromatic heterocycles. The Kier molecular flexibility index (Phi) is 4.74. The summed E-state index contributed by atoms with van der Waals surface area (Å²) in [4.78, 5) is 27.7. The Hall–Kier alpha value is -4.07. The molecule has 0 atom stereocenters. The van der Waals surface area contributed by atoms with Crippen LogP contribution in [0.1, 0.15) is 26.5 Å². The smallest absolute Gasteiger partial charge is 0.287 e. The molecule has 2 amide bonds. The van der Waals surface area contributed by atoms with E-state index in [-0.39, 0.29) is 5.69 Å². The predicted molar refractivity (Wildman–Crippen MR) is 109 cm³/mol.